The number of nitrogen functional groups attached to an aromatic ring is 1. The molecule has 0 fully saturated rings. The van der Waals surface area contributed by atoms with E-state index in [1.54, 1.807) is 49.1 Å². The van der Waals surface area contributed by atoms with E-state index in [4.69, 9.17) is 12.2 Å². The van der Waals surface area contributed by atoms with E-state index in [2.05, 4.69) is 36.9 Å². The Morgan fingerprint density at radius 3 is 1.73 bits per heavy atom. The highest BCUT2D eigenvalue weighted by atomic mass is 19.1. The van der Waals surface area contributed by atoms with E-state index in [1.165, 1.54) is 24.3 Å². The normalized spacial score (nSPS) is 10.6. The van der Waals surface area contributed by atoms with Gasteiger partial charge in [-0.15, -0.1) is 6.42 Å². The highest BCUT2D eigenvalue weighted by molar-refractivity contribution is 5.90. The molecule has 0 amide bonds. The number of nitrogens with two attached hydrogens (primary N) is 1. The number of rotatable bonds is 4. The van der Waals surface area contributed by atoms with E-state index in [-0.39, 0.29) is 17.5 Å². The van der Waals surface area contributed by atoms with Crippen molar-refractivity contribution in [2.75, 3.05) is 5.73 Å². The Bertz CT molecular complexity index is 2120. The number of nitrogens with one attached hydrogen (secondary N) is 1. The minimum absolute atomic E-state index is 0.250. The van der Waals surface area contributed by atoms with Crippen LogP contribution in [0.2, 0.25) is 0 Å². The second-order valence-electron chi connectivity index (χ2n) is 9.75. The van der Waals surface area contributed by atoms with E-state index in [9.17, 15) is 8.78 Å². The van der Waals surface area contributed by atoms with Crippen molar-refractivity contribution < 1.29 is 8.78 Å². The number of fused-ring (bicyclic) bond motifs is 1. The van der Waals surface area contributed by atoms with Crippen LogP contribution in [0, 0.1) is 24.0 Å². The van der Waals surface area contributed by atoms with Crippen LogP contribution in [-0.2, 0) is 0 Å². The standard InChI is InChI=1S/2C18H12FN3/c19-15-3-1-2-13(10-15)17-16(12-4-7-20-8-5-12)11-14-6-9-21-18(14)22-17;1-2-12-11-16(13-6-8-21-9-7-13)17(22-18(12)20)14-4-3-5-15(19)10-14/h1-11H,(H,21,22);1,3-11H,(H2,20,22). The number of aromatic nitrogens is 5. The number of H-pyrrole nitrogens is 1. The number of hydrogen-bond donors (Lipinski definition) is 2. The summed E-state index contributed by atoms with van der Waals surface area (Å²) in [7, 11) is 0. The summed E-state index contributed by atoms with van der Waals surface area (Å²) >= 11 is 0. The highest BCUT2D eigenvalue weighted by Crippen LogP contribution is 2.34. The molecule has 0 spiro atoms. The van der Waals surface area contributed by atoms with Crippen molar-refractivity contribution in [1.82, 2.24) is 24.9 Å². The topological polar surface area (TPSA) is 93.4 Å². The molecule has 2 aromatic carbocycles. The zero-order chi connectivity index (χ0) is 30.5. The van der Waals surface area contributed by atoms with Gasteiger partial charge in [0.2, 0.25) is 0 Å². The first kappa shape index (κ1) is 27.9. The van der Waals surface area contributed by atoms with Crippen LogP contribution >= 0.6 is 0 Å². The van der Waals surface area contributed by atoms with Gasteiger partial charge in [-0.1, -0.05) is 30.2 Å². The maximum atomic E-state index is 13.6. The lowest BCUT2D eigenvalue weighted by Crippen LogP contribution is -1.99. The van der Waals surface area contributed by atoms with Crippen LogP contribution in [-0.4, -0.2) is 24.9 Å². The number of terminal acetylenes is 1. The van der Waals surface area contributed by atoms with E-state index in [0.717, 1.165) is 44.5 Å². The maximum absolute atomic E-state index is 13.6. The van der Waals surface area contributed by atoms with Crippen molar-refractivity contribution in [2.45, 2.75) is 0 Å². The number of benzene rings is 2. The van der Waals surface area contributed by atoms with Crippen LogP contribution in [0.5, 0.6) is 0 Å². The quantitative estimate of drug-likeness (QED) is 0.207. The maximum Gasteiger partial charge on any atom is 0.139 e. The van der Waals surface area contributed by atoms with Gasteiger partial charge in [0.25, 0.3) is 0 Å². The molecule has 7 aromatic rings. The molecule has 5 heterocycles. The van der Waals surface area contributed by atoms with Gasteiger partial charge in [-0.05, 0) is 77.9 Å². The van der Waals surface area contributed by atoms with Crippen molar-refractivity contribution in [3.63, 3.8) is 0 Å². The molecule has 0 radical (unpaired) electrons. The van der Waals surface area contributed by atoms with E-state index in [0.29, 0.717) is 16.8 Å². The minimum Gasteiger partial charge on any atom is -0.383 e. The van der Waals surface area contributed by atoms with Crippen LogP contribution in [0.4, 0.5) is 14.6 Å². The summed E-state index contributed by atoms with van der Waals surface area (Å²) in [6.07, 6.45) is 14.2. The number of hydrogen-bond acceptors (Lipinski definition) is 5. The minimum atomic E-state index is -0.334. The lowest BCUT2D eigenvalue weighted by molar-refractivity contribution is 0.628. The number of pyridine rings is 4. The second-order valence-corrected chi connectivity index (χ2v) is 9.75. The smallest absolute Gasteiger partial charge is 0.139 e. The monoisotopic (exact) mass is 578 g/mol. The summed E-state index contributed by atoms with van der Waals surface area (Å²) < 4.78 is 27.1. The Balaban J connectivity index is 0.000000156. The predicted octanol–water partition coefficient (Wildman–Crippen LogP) is 7.94. The predicted molar refractivity (Wildman–Crippen MR) is 170 cm³/mol. The SMILES string of the molecule is C#Cc1cc(-c2ccncc2)c(-c2cccc(F)c2)nc1N.Fc1cccc(-c2nc3[nH]ccc3cc2-c2ccncc2)c1. The zero-order valence-corrected chi connectivity index (χ0v) is 23.2. The van der Waals surface area contributed by atoms with Crippen LogP contribution < -0.4 is 5.73 Å². The summed E-state index contributed by atoms with van der Waals surface area (Å²) in [6.45, 7) is 0. The molecule has 44 heavy (non-hydrogen) atoms. The summed E-state index contributed by atoms with van der Waals surface area (Å²) in [6, 6.07) is 26.1. The third-order valence-corrected chi connectivity index (χ3v) is 6.92. The Morgan fingerprint density at radius 1 is 0.636 bits per heavy atom. The third-order valence-electron chi connectivity index (χ3n) is 6.92. The summed E-state index contributed by atoms with van der Waals surface area (Å²) in [5.74, 6) is 2.16. The molecular formula is C36H24F2N6. The molecule has 3 N–H and O–H groups in total. The molecule has 0 atom stereocenters. The van der Waals surface area contributed by atoms with Crippen LogP contribution in [0.3, 0.4) is 0 Å². The molecule has 7 rings (SSSR count). The van der Waals surface area contributed by atoms with Gasteiger partial charge in [-0.2, -0.15) is 0 Å². The molecule has 0 aliphatic heterocycles. The van der Waals surface area contributed by atoms with Crippen molar-refractivity contribution in [1.29, 1.82) is 0 Å². The molecule has 0 unspecified atom stereocenters. The molecule has 0 bridgehead atoms. The third kappa shape index (κ3) is 5.89. The first-order valence-corrected chi connectivity index (χ1v) is 13.6. The van der Waals surface area contributed by atoms with Gasteiger partial charge < -0.3 is 10.7 Å². The number of halogens is 2. The first-order valence-electron chi connectivity index (χ1n) is 13.6. The average molecular weight is 579 g/mol. The Kier molecular flexibility index (Phi) is 7.84. The van der Waals surface area contributed by atoms with Gasteiger partial charge >= 0.3 is 0 Å². The van der Waals surface area contributed by atoms with Crippen molar-refractivity contribution in [3.05, 3.63) is 139 Å². The molecule has 0 aliphatic carbocycles. The first-order chi connectivity index (χ1) is 21.5. The van der Waals surface area contributed by atoms with E-state index < -0.39 is 0 Å². The fraction of sp³-hybridized carbons (Fsp3) is 0. The van der Waals surface area contributed by atoms with Gasteiger partial charge in [0, 0.05) is 58.6 Å². The van der Waals surface area contributed by atoms with Crippen molar-refractivity contribution in [2.24, 2.45) is 0 Å². The van der Waals surface area contributed by atoms with Crippen LogP contribution in [0.15, 0.2) is 122 Å². The largest absolute Gasteiger partial charge is 0.383 e. The van der Waals surface area contributed by atoms with Gasteiger partial charge in [-0.25, -0.2) is 18.7 Å². The van der Waals surface area contributed by atoms with Crippen LogP contribution in [0.25, 0.3) is 55.8 Å². The molecule has 5 aromatic heterocycles. The van der Waals surface area contributed by atoms with E-state index in [1.807, 2.05) is 42.6 Å². The summed E-state index contributed by atoms with van der Waals surface area (Å²) in [5, 5.41) is 1.02. The fourth-order valence-electron chi connectivity index (χ4n) is 4.84. The van der Waals surface area contributed by atoms with Gasteiger partial charge in [0.15, 0.2) is 0 Å². The zero-order valence-electron chi connectivity index (χ0n) is 23.2. The Morgan fingerprint density at radius 2 is 1.18 bits per heavy atom. The molecule has 212 valence electrons. The number of aromatic amines is 1. The van der Waals surface area contributed by atoms with Crippen molar-refractivity contribution >= 4 is 16.9 Å². The molecule has 0 aliphatic rings. The Hall–Kier alpha value is -6.20. The molecule has 8 heteroatoms. The summed E-state index contributed by atoms with van der Waals surface area (Å²) in [4.78, 5) is 20.2. The lowest BCUT2D eigenvalue weighted by atomic mass is 9.98. The molecule has 0 saturated carbocycles. The molecule has 6 nitrogen and oxygen atoms in total. The van der Waals surface area contributed by atoms with Gasteiger partial charge in [-0.3, -0.25) is 9.97 Å². The second kappa shape index (κ2) is 12.3. The molecule has 0 saturated heterocycles. The van der Waals surface area contributed by atoms with Crippen LogP contribution in [0.1, 0.15) is 5.56 Å². The average Bonchev–Trinajstić information content (AvgIpc) is 3.53. The van der Waals surface area contributed by atoms with Crippen molar-refractivity contribution in [3.8, 4) is 57.1 Å². The number of anilines is 1. The highest BCUT2D eigenvalue weighted by Gasteiger charge is 2.14. The fourth-order valence-corrected chi connectivity index (χ4v) is 4.84. The van der Waals surface area contributed by atoms with E-state index >= 15 is 0 Å². The molecular weight excluding hydrogens is 554 g/mol. The Labute approximate surface area is 252 Å². The lowest BCUT2D eigenvalue weighted by Gasteiger charge is -2.12. The van der Waals surface area contributed by atoms with Gasteiger partial charge in [0.1, 0.15) is 23.1 Å². The summed E-state index contributed by atoms with van der Waals surface area (Å²) in [5.41, 5.74) is 13.6. The van der Waals surface area contributed by atoms with Gasteiger partial charge in [0.05, 0.1) is 17.0 Å². The number of nitrogens with zero attached hydrogens (tertiary/aromatic N) is 4.